The summed E-state index contributed by atoms with van der Waals surface area (Å²) in [5.41, 5.74) is 2.27. The molecule has 2 aromatic rings. The molecule has 0 aliphatic heterocycles. The molecule has 0 unspecified atom stereocenters. The van der Waals surface area contributed by atoms with Gasteiger partial charge in [0.25, 0.3) is 0 Å². The molecule has 0 heterocycles. The molecule has 0 radical (unpaired) electrons. The van der Waals surface area contributed by atoms with Crippen LogP contribution in [0, 0.1) is 5.82 Å². The van der Waals surface area contributed by atoms with Gasteiger partial charge in [0.2, 0.25) is 0 Å². The van der Waals surface area contributed by atoms with Crippen molar-refractivity contribution in [3.8, 4) is 5.75 Å². The van der Waals surface area contributed by atoms with Gasteiger partial charge in [-0.25, -0.2) is 4.39 Å². The van der Waals surface area contributed by atoms with E-state index in [2.05, 4.69) is 15.2 Å². The van der Waals surface area contributed by atoms with Gasteiger partial charge in [0.05, 0.1) is 7.11 Å². The fourth-order valence-electron chi connectivity index (χ4n) is 2.43. The zero-order valence-corrected chi connectivity index (χ0v) is 14.4. The number of hydrogen-bond acceptors (Lipinski definition) is 2. The molecule has 1 N–H and O–H groups in total. The summed E-state index contributed by atoms with van der Waals surface area (Å²) in [5.74, 6) is 1.47. The molecule has 2 aromatic carbocycles. The molecule has 0 aliphatic rings. The molecule has 0 spiro atoms. The summed E-state index contributed by atoms with van der Waals surface area (Å²) in [4.78, 5) is 6.37. The monoisotopic (exact) mass is 329 g/mol. The average molecular weight is 329 g/mol. The van der Waals surface area contributed by atoms with Crippen LogP contribution >= 0.6 is 0 Å². The smallest absolute Gasteiger partial charge is 0.193 e. The highest BCUT2D eigenvalue weighted by atomic mass is 19.1. The van der Waals surface area contributed by atoms with Gasteiger partial charge in [0.1, 0.15) is 11.6 Å². The van der Waals surface area contributed by atoms with E-state index < -0.39 is 0 Å². The lowest BCUT2D eigenvalue weighted by atomic mass is 10.1. The number of halogens is 1. The Labute approximate surface area is 143 Å². The first-order valence-corrected chi connectivity index (χ1v) is 7.91. The number of hydrogen-bond donors (Lipinski definition) is 1. The number of nitrogens with zero attached hydrogens (tertiary/aromatic N) is 2. The molecule has 0 fully saturated rings. The lowest BCUT2D eigenvalue weighted by Crippen LogP contribution is -2.39. The van der Waals surface area contributed by atoms with E-state index in [1.165, 1.54) is 17.7 Å². The summed E-state index contributed by atoms with van der Waals surface area (Å²) < 4.78 is 18.1. The minimum Gasteiger partial charge on any atom is -0.497 e. The molecule has 0 saturated heterocycles. The van der Waals surface area contributed by atoms with E-state index in [4.69, 9.17) is 4.74 Å². The fraction of sp³-hybridized carbons (Fsp3) is 0.316. The van der Waals surface area contributed by atoms with Gasteiger partial charge in [0, 0.05) is 27.2 Å². The van der Waals surface area contributed by atoms with Gasteiger partial charge in [-0.15, -0.1) is 0 Å². The molecule has 24 heavy (non-hydrogen) atoms. The van der Waals surface area contributed by atoms with Gasteiger partial charge in [-0.2, -0.15) is 0 Å². The largest absolute Gasteiger partial charge is 0.497 e. The lowest BCUT2D eigenvalue weighted by molar-refractivity contribution is 0.414. The number of benzene rings is 2. The second kappa shape index (κ2) is 8.91. The van der Waals surface area contributed by atoms with E-state index in [1.807, 2.05) is 31.3 Å². The first kappa shape index (κ1) is 17.8. The zero-order chi connectivity index (χ0) is 17.4. The second-order valence-electron chi connectivity index (χ2n) is 5.55. The molecule has 2 rings (SSSR count). The second-order valence-corrected chi connectivity index (χ2v) is 5.55. The van der Waals surface area contributed by atoms with Crippen LogP contribution in [0.25, 0.3) is 0 Å². The maximum Gasteiger partial charge on any atom is 0.193 e. The van der Waals surface area contributed by atoms with Crippen molar-refractivity contribution >= 4 is 5.96 Å². The lowest BCUT2D eigenvalue weighted by Gasteiger charge is -2.22. The summed E-state index contributed by atoms with van der Waals surface area (Å²) in [5, 5.41) is 3.33. The Hall–Kier alpha value is -2.56. The highest BCUT2D eigenvalue weighted by Crippen LogP contribution is 2.12. The molecule has 4 nitrogen and oxygen atoms in total. The van der Waals surface area contributed by atoms with Gasteiger partial charge < -0.3 is 15.0 Å². The maximum atomic E-state index is 12.9. The Morgan fingerprint density at radius 2 is 1.71 bits per heavy atom. The molecule has 0 bridgehead atoms. The number of rotatable bonds is 6. The first-order valence-electron chi connectivity index (χ1n) is 7.91. The van der Waals surface area contributed by atoms with Gasteiger partial charge in [-0.05, 0) is 41.8 Å². The van der Waals surface area contributed by atoms with Crippen molar-refractivity contribution in [3.63, 3.8) is 0 Å². The molecule has 0 aromatic heterocycles. The quantitative estimate of drug-likeness (QED) is 0.654. The zero-order valence-electron chi connectivity index (χ0n) is 14.4. The highest BCUT2D eigenvalue weighted by Gasteiger charge is 2.06. The Kier molecular flexibility index (Phi) is 6.61. The normalized spacial score (nSPS) is 11.2. The van der Waals surface area contributed by atoms with Crippen LogP contribution < -0.4 is 10.1 Å². The molecule has 0 aliphatic carbocycles. The summed E-state index contributed by atoms with van der Waals surface area (Å²) in [7, 11) is 5.43. The fourth-order valence-corrected chi connectivity index (χ4v) is 2.43. The predicted molar refractivity (Wildman–Crippen MR) is 95.9 cm³/mol. The molecular weight excluding hydrogens is 305 g/mol. The summed E-state index contributed by atoms with van der Waals surface area (Å²) in [6.07, 6.45) is 0.815. The Balaban J connectivity index is 1.84. The van der Waals surface area contributed by atoms with Crippen molar-refractivity contribution in [2.45, 2.75) is 13.0 Å². The number of ether oxygens (including phenoxy) is 1. The van der Waals surface area contributed by atoms with Crippen LogP contribution in [0.4, 0.5) is 4.39 Å². The van der Waals surface area contributed by atoms with Crippen molar-refractivity contribution in [1.29, 1.82) is 0 Å². The number of guanidine groups is 1. The van der Waals surface area contributed by atoms with Crippen molar-refractivity contribution < 1.29 is 9.13 Å². The Morgan fingerprint density at radius 1 is 1.08 bits per heavy atom. The van der Waals surface area contributed by atoms with Gasteiger partial charge in [-0.1, -0.05) is 24.3 Å². The van der Waals surface area contributed by atoms with Crippen molar-refractivity contribution in [2.24, 2.45) is 4.99 Å². The van der Waals surface area contributed by atoms with Crippen molar-refractivity contribution in [3.05, 3.63) is 65.5 Å². The molecule has 128 valence electrons. The number of nitrogens with one attached hydrogen (secondary N) is 1. The third kappa shape index (κ3) is 5.26. The van der Waals surface area contributed by atoms with Gasteiger partial charge in [-0.3, -0.25) is 4.99 Å². The van der Waals surface area contributed by atoms with Gasteiger partial charge in [0.15, 0.2) is 5.96 Å². The molecular formula is C19H24FN3O. The van der Waals surface area contributed by atoms with Crippen LogP contribution in [0.15, 0.2) is 53.5 Å². The van der Waals surface area contributed by atoms with E-state index in [-0.39, 0.29) is 5.82 Å². The molecule has 0 amide bonds. The minimum absolute atomic E-state index is 0.207. The van der Waals surface area contributed by atoms with E-state index in [9.17, 15) is 4.39 Å². The third-order valence-electron chi connectivity index (χ3n) is 3.76. The van der Waals surface area contributed by atoms with E-state index >= 15 is 0 Å². The molecule has 0 saturated carbocycles. The van der Waals surface area contributed by atoms with Crippen LogP contribution in [-0.4, -0.2) is 38.6 Å². The van der Waals surface area contributed by atoms with Crippen LogP contribution in [-0.2, 0) is 13.0 Å². The van der Waals surface area contributed by atoms with Gasteiger partial charge >= 0.3 is 0 Å². The van der Waals surface area contributed by atoms with Crippen LogP contribution in [0.3, 0.4) is 0 Å². The highest BCUT2D eigenvalue weighted by molar-refractivity contribution is 5.79. The van der Waals surface area contributed by atoms with Crippen molar-refractivity contribution in [2.75, 3.05) is 27.7 Å². The number of aliphatic imine (C=N–C) groups is 1. The SMILES string of the molecule is CN=C(NCCc1ccc(F)cc1)N(C)Cc1ccc(OC)cc1. The van der Waals surface area contributed by atoms with Crippen molar-refractivity contribution in [1.82, 2.24) is 10.2 Å². The molecule has 5 heteroatoms. The van der Waals surface area contributed by atoms with Crippen LogP contribution in [0.5, 0.6) is 5.75 Å². The molecule has 0 atom stereocenters. The average Bonchev–Trinajstić information content (AvgIpc) is 2.61. The Bertz CT molecular complexity index is 653. The standard InChI is InChI=1S/C19H24FN3O/c1-21-19(22-13-12-15-4-8-17(20)9-5-15)23(2)14-16-6-10-18(24-3)11-7-16/h4-11H,12-14H2,1-3H3,(H,21,22). The van der Waals surface area contributed by atoms with Crippen LogP contribution in [0.1, 0.15) is 11.1 Å². The van der Waals surface area contributed by atoms with E-state index in [0.29, 0.717) is 0 Å². The van der Waals surface area contributed by atoms with E-state index in [1.54, 1.807) is 26.3 Å². The summed E-state index contributed by atoms with van der Waals surface area (Å²) >= 11 is 0. The first-order chi connectivity index (χ1) is 11.6. The number of methoxy groups -OCH3 is 1. The van der Waals surface area contributed by atoms with E-state index in [0.717, 1.165) is 36.8 Å². The van der Waals surface area contributed by atoms with Crippen LogP contribution in [0.2, 0.25) is 0 Å². The topological polar surface area (TPSA) is 36.9 Å². The summed E-state index contributed by atoms with van der Waals surface area (Å²) in [6, 6.07) is 14.6. The third-order valence-corrected chi connectivity index (χ3v) is 3.76. The Morgan fingerprint density at radius 3 is 2.29 bits per heavy atom. The summed E-state index contributed by atoms with van der Waals surface area (Å²) in [6.45, 7) is 1.49. The predicted octanol–water partition coefficient (Wildman–Crippen LogP) is 3.08. The maximum absolute atomic E-state index is 12.9. The minimum atomic E-state index is -0.207.